The molecule has 0 fully saturated rings. The fraction of sp³-hybridized carbons (Fsp3) is 0. The highest BCUT2D eigenvalue weighted by Crippen LogP contribution is 2.07. The SMILES string of the molecule is O=C(Nc1ccn[nH]1)c1ccc(-n2cncn2)nc1. The lowest BCUT2D eigenvalue weighted by Crippen LogP contribution is -2.13. The second-order valence-corrected chi connectivity index (χ2v) is 3.67. The van der Waals surface area contributed by atoms with Gasteiger partial charge in [-0.3, -0.25) is 9.89 Å². The van der Waals surface area contributed by atoms with Crippen LogP contribution in [0, 0.1) is 0 Å². The van der Waals surface area contributed by atoms with Crippen LogP contribution in [0.2, 0.25) is 0 Å². The van der Waals surface area contributed by atoms with E-state index >= 15 is 0 Å². The Labute approximate surface area is 107 Å². The number of rotatable bonds is 3. The molecular formula is C11H9N7O. The van der Waals surface area contributed by atoms with Gasteiger partial charge in [-0.2, -0.15) is 10.2 Å². The molecule has 3 aromatic rings. The van der Waals surface area contributed by atoms with E-state index in [1.54, 1.807) is 24.4 Å². The first-order valence-electron chi connectivity index (χ1n) is 5.45. The van der Waals surface area contributed by atoms with Crippen LogP contribution in [0.4, 0.5) is 5.82 Å². The molecule has 0 aliphatic heterocycles. The number of anilines is 1. The van der Waals surface area contributed by atoms with E-state index in [9.17, 15) is 4.79 Å². The third-order valence-corrected chi connectivity index (χ3v) is 2.41. The number of H-pyrrole nitrogens is 1. The van der Waals surface area contributed by atoms with Crippen LogP contribution in [0.5, 0.6) is 0 Å². The topological polar surface area (TPSA) is 101 Å². The number of aromatic nitrogens is 6. The van der Waals surface area contributed by atoms with Gasteiger partial charge in [0.25, 0.3) is 5.91 Å². The van der Waals surface area contributed by atoms with Crippen molar-refractivity contribution in [3.63, 3.8) is 0 Å². The summed E-state index contributed by atoms with van der Waals surface area (Å²) in [5, 5.41) is 13.0. The Bertz CT molecular complexity index is 658. The Kier molecular flexibility index (Phi) is 2.73. The predicted molar refractivity (Wildman–Crippen MR) is 65.7 cm³/mol. The van der Waals surface area contributed by atoms with Crippen molar-refractivity contribution < 1.29 is 4.79 Å². The fourth-order valence-corrected chi connectivity index (χ4v) is 1.50. The third kappa shape index (κ3) is 2.32. The monoisotopic (exact) mass is 255 g/mol. The fourth-order valence-electron chi connectivity index (χ4n) is 1.50. The molecular weight excluding hydrogens is 246 g/mol. The minimum absolute atomic E-state index is 0.262. The molecule has 3 aromatic heterocycles. The van der Waals surface area contributed by atoms with Gasteiger partial charge in [-0.25, -0.2) is 14.6 Å². The van der Waals surface area contributed by atoms with Crippen LogP contribution in [0.1, 0.15) is 10.4 Å². The van der Waals surface area contributed by atoms with Crippen molar-refractivity contribution in [2.45, 2.75) is 0 Å². The zero-order valence-electron chi connectivity index (χ0n) is 9.69. The van der Waals surface area contributed by atoms with Crippen LogP contribution in [0.15, 0.2) is 43.2 Å². The molecule has 0 unspecified atom stereocenters. The van der Waals surface area contributed by atoms with Crippen molar-refractivity contribution in [1.29, 1.82) is 0 Å². The maximum absolute atomic E-state index is 11.9. The van der Waals surface area contributed by atoms with Gasteiger partial charge >= 0.3 is 0 Å². The standard InChI is InChI=1S/C11H9N7O/c19-11(16-9-3-4-14-17-9)8-1-2-10(13-5-8)18-7-12-6-15-18/h1-7H,(H2,14,16,17,19). The van der Waals surface area contributed by atoms with Crippen LogP contribution >= 0.6 is 0 Å². The Morgan fingerprint density at radius 1 is 1.32 bits per heavy atom. The first-order valence-corrected chi connectivity index (χ1v) is 5.45. The molecule has 8 heteroatoms. The molecule has 2 N–H and O–H groups in total. The van der Waals surface area contributed by atoms with Gasteiger partial charge in [-0.1, -0.05) is 0 Å². The number of nitrogens with zero attached hydrogens (tertiary/aromatic N) is 5. The van der Waals surface area contributed by atoms with Crippen LogP contribution in [0.25, 0.3) is 5.82 Å². The lowest BCUT2D eigenvalue weighted by atomic mass is 10.2. The molecule has 1 amide bonds. The van der Waals surface area contributed by atoms with Crippen LogP contribution in [0.3, 0.4) is 0 Å². The van der Waals surface area contributed by atoms with Crippen molar-refractivity contribution in [3.8, 4) is 5.82 Å². The molecule has 19 heavy (non-hydrogen) atoms. The quantitative estimate of drug-likeness (QED) is 0.715. The number of carbonyl (C=O) groups is 1. The predicted octanol–water partition coefficient (Wildman–Crippen LogP) is 0.638. The van der Waals surface area contributed by atoms with E-state index in [0.29, 0.717) is 17.2 Å². The summed E-state index contributed by atoms with van der Waals surface area (Å²) in [6.07, 6.45) is 5.98. The van der Waals surface area contributed by atoms with Crippen molar-refractivity contribution >= 4 is 11.7 Å². The summed E-state index contributed by atoms with van der Waals surface area (Å²) in [6, 6.07) is 5.02. The van der Waals surface area contributed by atoms with Crippen molar-refractivity contribution in [1.82, 2.24) is 29.9 Å². The van der Waals surface area contributed by atoms with Gasteiger partial charge in [0.1, 0.15) is 18.5 Å². The van der Waals surface area contributed by atoms with Crippen molar-refractivity contribution in [3.05, 3.63) is 48.8 Å². The van der Waals surface area contributed by atoms with Gasteiger partial charge in [-0.05, 0) is 12.1 Å². The summed E-state index contributed by atoms with van der Waals surface area (Å²) in [6.45, 7) is 0. The van der Waals surface area contributed by atoms with Gasteiger partial charge in [-0.15, -0.1) is 0 Å². The zero-order chi connectivity index (χ0) is 13.1. The molecule has 0 radical (unpaired) electrons. The lowest BCUT2D eigenvalue weighted by molar-refractivity contribution is 0.102. The van der Waals surface area contributed by atoms with E-state index < -0.39 is 0 Å². The minimum Gasteiger partial charge on any atom is -0.307 e. The molecule has 94 valence electrons. The molecule has 0 aliphatic rings. The molecule has 3 rings (SSSR count). The van der Waals surface area contributed by atoms with Gasteiger partial charge in [0, 0.05) is 12.3 Å². The number of amides is 1. The van der Waals surface area contributed by atoms with E-state index in [-0.39, 0.29) is 5.91 Å². The first kappa shape index (κ1) is 11.1. The summed E-state index contributed by atoms with van der Waals surface area (Å²) in [5.74, 6) is 0.864. The zero-order valence-corrected chi connectivity index (χ0v) is 9.69. The lowest BCUT2D eigenvalue weighted by Gasteiger charge is -2.03. The molecule has 0 aliphatic carbocycles. The number of hydrogen-bond acceptors (Lipinski definition) is 5. The van der Waals surface area contributed by atoms with Gasteiger partial charge in [0.05, 0.1) is 11.8 Å². The highest BCUT2D eigenvalue weighted by atomic mass is 16.1. The second kappa shape index (κ2) is 4.69. The Balaban J connectivity index is 1.77. The largest absolute Gasteiger partial charge is 0.307 e. The maximum atomic E-state index is 11.9. The van der Waals surface area contributed by atoms with E-state index in [1.165, 1.54) is 23.5 Å². The van der Waals surface area contributed by atoms with Crippen LogP contribution in [-0.4, -0.2) is 35.9 Å². The molecule has 3 heterocycles. The maximum Gasteiger partial charge on any atom is 0.258 e. The Morgan fingerprint density at radius 2 is 2.26 bits per heavy atom. The smallest absolute Gasteiger partial charge is 0.258 e. The number of carbonyl (C=O) groups excluding carboxylic acids is 1. The number of hydrogen-bond donors (Lipinski definition) is 2. The summed E-state index contributed by atoms with van der Waals surface area (Å²) in [7, 11) is 0. The molecule has 0 aromatic carbocycles. The Morgan fingerprint density at radius 3 is 2.89 bits per heavy atom. The molecule has 0 saturated carbocycles. The molecule has 0 saturated heterocycles. The molecule has 0 bridgehead atoms. The van der Waals surface area contributed by atoms with Crippen LogP contribution < -0.4 is 5.32 Å². The number of nitrogens with one attached hydrogen (secondary N) is 2. The molecule has 8 nitrogen and oxygen atoms in total. The highest BCUT2D eigenvalue weighted by Gasteiger charge is 2.08. The second-order valence-electron chi connectivity index (χ2n) is 3.67. The van der Waals surface area contributed by atoms with Gasteiger partial charge in [0.2, 0.25) is 0 Å². The van der Waals surface area contributed by atoms with E-state index in [2.05, 4.69) is 30.6 Å². The van der Waals surface area contributed by atoms with Gasteiger partial charge in [0.15, 0.2) is 5.82 Å². The summed E-state index contributed by atoms with van der Waals surface area (Å²) in [5.41, 5.74) is 0.443. The highest BCUT2D eigenvalue weighted by molar-refractivity contribution is 6.03. The van der Waals surface area contributed by atoms with Gasteiger partial charge < -0.3 is 5.32 Å². The van der Waals surface area contributed by atoms with E-state index in [4.69, 9.17) is 0 Å². The van der Waals surface area contributed by atoms with Crippen LogP contribution in [-0.2, 0) is 0 Å². The molecule has 0 atom stereocenters. The first-order chi connectivity index (χ1) is 9.33. The van der Waals surface area contributed by atoms with Crippen molar-refractivity contribution in [2.24, 2.45) is 0 Å². The minimum atomic E-state index is -0.262. The average Bonchev–Trinajstić information content (AvgIpc) is 3.12. The van der Waals surface area contributed by atoms with E-state index in [0.717, 1.165) is 0 Å². The Hall–Kier alpha value is -3.03. The van der Waals surface area contributed by atoms with Crippen molar-refractivity contribution in [2.75, 3.05) is 5.32 Å². The normalized spacial score (nSPS) is 10.3. The average molecular weight is 255 g/mol. The summed E-state index contributed by atoms with van der Waals surface area (Å²) < 4.78 is 1.51. The summed E-state index contributed by atoms with van der Waals surface area (Å²) >= 11 is 0. The van der Waals surface area contributed by atoms with E-state index in [1.807, 2.05) is 0 Å². The third-order valence-electron chi connectivity index (χ3n) is 2.41. The number of aromatic amines is 1. The molecule has 0 spiro atoms. The number of pyridine rings is 1. The summed E-state index contributed by atoms with van der Waals surface area (Å²) in [4.78, 5) is 19.8.